The highest BCUT2D eigenvalue weighted by Crippen LogP contribution is 2.38. The minimum Gasteiger partial charge on any atom is -0.380 e. The van der Waals surface area contributed by atoms with Crippen molar-refractivity contribution < 1.29 is 14.3 Å². The van der Waals surface area contributed by atoms with Crippen LogP contribution in [0.4, 0.5) is 0 Å². The van der Waals surface area contributed by atoms with Crippen LogP contribution in [0.5, 0.6) is 0 Å². The summed E-state index contributed by atoms with van der Waals surface area (Å²) >= 11 is 0. The van der Waals surface area contributed by atoms with E-state index in [0.29, 0.717) is 45.4 Å². The summed E-state index contributed by atoms with van der Waals surface area (Å²) in [5.41, 5.74) is 5.46. The SMILES string of the molecule is CCOCCN(CCOCC)C(=O)C(C)(N)C1CC1. The first-order chi connectivity index (χ1) is 9.04. The van der Waals surface area contributed by atoms with E-state index in [1.54, 1.807) is 4.90 Å². The monoisotopic (exact) mass is 272 g/mol. The number of ether oxygens (including phenoxy) is 2. The normalized spacial score (nSPS) is 18.1. The highest BCUT2D eigenvalue weighted by atomic mass is 16.5. The molecule has 0 saturated heterocycles. The zero-order valence-electron chi connectivity index (χ0n) is 12.5. The molecule has 5 nitrogen and oxygen atoms in total. The van der Waals surface area contributed by atoms with E-state index in [9.17, 15) is 4.79 Å². The Labute approximate surface area is 116 Å². The molecule has 1 unspecified atom stereocenters. The first kappa shape index (κ1) is 16.4. The van der Waals surface area contributed by atoms with Gasteiger partial charge in [0.25, 0.3) is 0 Å². The third-order valence-electron chi connectivity index (χ3n) is 3.59. The molecular formula is C14H28N2O3. The van der Waals surface area contributed by atoms with Gasteiger partial charge in [-0.15, -0.1) is 0 Å². The summed E-state index contributed by atoms with van der Waals surface area (Å²) in [6.45, 7) is 9.34. The summed E-state index contributed by atoms with van der Waals surface area (Å²) in [7, 11) is 0. The van der Waals surface area contributed by atoms with Crippen LogP contribution in [0.1, 0.15) is 33.6 Å². The van der Waals surface area contributed by atoms with Crippen molar-refractivity contribution in [2.75, 3.05) is 39.5 Å². The Kier molecular flexibility index (Phi) is 6.75. The molecule has 0 heterocycles. The zero-order valence-corrected chi connectivity index (χ0v) is 12.5. The molecule has 0 radical (unpaired) electrons. The number of rotatable bonds is 10. The van der Waals surface area contributed by atoms with Gasteiger partial charge in [0.15, 0.2) is 0 Å². The van der Waals surface area contributed by atoms with Crippen LogP contribution in [0, 0.1) is 5.92 Å². The molecule has 0 spiro atoms. The highest BCUT2D eigenvalue weighted by molar-refractivity contribution is 5.86. The summed E-state index contributed by atoms with van der Waals surface area (Å²) in [5.74, 6) is 0.357. The van der Waals surface area contributed by atoms with E-state index in [2.05, 4.69) is 0 Å². The van der Waals surface area contributed by atoms with Gasteiger partial charge in [-0.05, 0) is 39.5 Å². The van der Waals surface area contributed by atoms with E-state index in [-0.39, 0.29) is 5.91 Å². The number of nitrogens with two attached hydrogens (primary N) is 1. The fourth-order valence-electron chi connectivity index (χ4n) is 2.15. The predicted octanol–water partition coefficient (Wildman–Crippen LogP) is 1.02. The Morgan fingerprint density at radius 2 is 1.68 bits per heavy atom. The molecule has 1 amide bonds. The van der Waals surface area contributed by atoms with Crippen LogP contribution >= 0.6 is 0 Å². The van der Waals surface area contributed by atoms with Crippen LogP contribution in [0.3, 0.4) is 0 Å². The molecule has 0 aromatic carbocycles. The third kappa shape index (κ3) is 5.09. The number of carbonyl (C=O) groups excluding carboxylic acids is 1. The summed E-state index contributed by atoms with van der Waals surface area (Å²) in [5, 5.41) is 0. The van der Waals surface area contributed by atoms with Crippen molar-refractivity contribution in [2.45, 2.75) is 39.2 Å². The van der Waals surface area contributed by atoms with E-state index in [1.165, 1.54) is 0 Å². The van der Waals surface area contributed by atoms with E-state index in [4.69, 9.17) is 15.2 Å². The fraction of sp³-hybridized carbons (Fsp3) is 0.929. The van der Waals surface area contributed by atoms with E-state index < -0.39 is 5.54 Å². The number of hydrogen-bond acceptors (Lipinski definition) is 4. The fourth-order valence-corrected chi connectivity index (χ4v) is 2.15. The van der Waals surface area contributed by atoms with Crippen molar-refractivity contribution >= 4 is 5.91 Å². The number of carbonyl (C=O) groups is 1. The van der Waals surface area contributed by atoms with Gasteiger partial charge in [0.1, 0.15) is 0 Å². The van der Waals surface area contributed by atoms with Gasteiger partial charge < -0.3 is 20.1 Å². The van der Waals surface area contributed by atoms with Crippen LogP contribution in [0.15, 0.2) is 0 Å². The number of nitrogens with zero attached hydrogens (tertiary/aromatic N) is 1. The molecule has 0 aliphatic heterocycles. The van der Waals surface area contributed by atoms with Crippen molar-refractivity contribution in [1.82, 2.24) is 4.90 Å². The lowest BCUT2D eigenvalue weighted by molar-refractivity contribution is -0.138. The maximum absolute atomic E-state index is 12.5. The van der Waals surface area contributed by atoms with Gasteiger partial charge >= 0.3 is 0 Å². The second-order valence-electron chi connectivity index (χ2n) is 5.24. The molecule has 0 aromatic rings. The molecule has 1 aliphatic rings. The summed E-state index contributed by atoms with van der Waals surface area (Å²) in [6, 6.07) is 0. The highest BCUT2D eigenvalue weighted by Gasteiger charge is 2.45. The van der Waals surface area contributed by atoms with Gasteiger partial charge in [-0.1, -0.05) is 0 Å². The molecule has 1 fully saturated rings. The van der Waals surface area contributed by atoms with Gasteiger partial charge in [-0.3, -0.25) is 4.79 Å². The van der Waals surface area contributed by atoms with Gasteiger partial charge in [-0.25, -0.2) is 0 Å². The Balaban J connectivity index is 2.51. The Morgan fingerprint density at radius 3 is 2.05 bits per heavy atom. The molecule has 1 rings (SSSR count). The van der Waals surface area contributed by atoms with Crippen molar-refractivity contribution in [1.29, 1.82) is 0 Å². The Bertz CT molecular complexity index is 268. The second kappa shape index (κ2) is 7.82. The Morgan fingerprint density at radius 1 is 1.21 bits per heavy atom. The van der Waals surface area contributed by atoms with Gasteiger partial charge in [0.05, 0.1) is 18.8 Å². The van der Waals surface area contributed by atoms with Crippen LogP contribution in [0.2, 0.25) is 0 Å². The first-order valence-corrected chi connectivity index (χ1v) is 7.27. The average Bonchev–Trinajstić information content (AvgIpc) is 3.21. The third-order valence-corrected chi connectivity index (χ3v) is 3.59. The average molecular weight is 272 g/mol. The molecule has 2 N–H and O–H groups in total. The summed E-state index contributed by atoms with van der Waals surface area (Å²) < 4.78 is 10.7. The Hall–Kier alpha value is -0.650. The summed E-state index contributed by atoms with van der Waals surface area (Å²) in [4.78, 5) is 14.3. The topological polar surface area (TPSA) is 64.8 Å². The van der Waals surface area contributed by atoms with Crippen LogP contribution in [0.25, 0.3) is 0 Å². The molecule has 1 saturated carbocycles. The largest absolute Gasteiger partial charge is 0.380 e. The van der Waals surface area contributed by atoms with Gasteiger partial charge in [0.2, 0.25) is 5.91 Å². The van der Waals surface area contributed by atoms with Gasteiger partial charge in [-0.2, -0.15) is 0 Å². The molecular weight excluding hydrogens is 244 g/mol. The molecule has 1 aliphatic carbocycles. The van der Waals surface area contributed by atoms with Gasteiger partial charge in [0, 0.05) is 26.3 Å². The van der Waals surface area contributed by atoms with Crippen molar-refractivity contribution in [3.8, 4) is 0 Å². The number of amides is 1. The van der Waals surface area contributed by atoms with E-state index >= 15 is 0 Å². The van der Waals surface area contributed by atoms with Crippen LogP contribution in [-0.2, 0) is 14.3 Å². The second-order valence-corrected chi connectivity index (χ2v) is 5.24. The lowest BCUT2D eigenvalue weighted by Crippen LogP contribution is -2.56. The minimum atomic E-state index is -0.738. The predicted molar refractivity (Wildman–Crippen MR) is 74.9 cm³/mol. The lowest BCUT2D eigenvalue weighted by atomic mass is 9.95. The molecule has 112 valence electrons. The van der Waals surface area contributed by atoms with E-state index in [1.807, 2.05) is 20.8 Å². The molecule has 19 heavy (non-hydrogen) atoms. The van der Waals surface area contributed by atoms with Crippen molar-refractivity contribution in [3.63, 3.8) is 0 Å². The molecule has 5 heteroatoms. The zero-order chi connectivity index (χ0) is 14.3. The molecule has 0 aromatic heterocycles. The van der Waals surface area contributed by atoms with Crippen LogP contribution in [-0.4, -0.2) is 55.9 Å². The minimum absolute atomic E-state index is 0.0226. The molecule has 0 bridgehead atoms. The van der Waals surface area contributed by atoms with Crippen molar-refractivity contribution in [3.05, 3.63) is 0 Å². The van der Waals surface area contributed by atoms with Crippen molar-refractivity contribution in [2.24, 2.45) is 11.7 Å². The number of hydrogen-bond donors (Lipinski definition) is 1. The lowest BCUT2D eigenvalue weighted by Gasteiger charge is -2.32. The standard InChI is InChI=1S/C14H28N2O3/c1-4-18-10-8-16(9-11-19-5-2)13(17)14(3,15)12-6-7-12/h12H,4-11,15H2,1-3H3. The maximum Gasteiger partial charge on any atom is 0.242 e. The summed E-state index contributed by atoms with van der Waals surface area (Å²) in [6.07, 6.45) is 2.12. The first-order valence-electron chi connectivity index (χ1n) is 7.27. The molecule has 1 atom stereocenters. The maximum atomic E-state index is 12.5. The smallest absolute Gasteiger partial charge is 0.242 e. The van der Waals surface area contributed by atoms with E-state index in [0.717, 1.165) is 12.8 Å². The van der Waals surface area contributed by atoms with Crippen LogP contribution < -0.4 is 5.73 Å². The quantitative estimate of drug-likeness (QED) is 0.603.